The minimum absolute atomic E-state index is 0.505. The number of anilines is 1. The van der Waals surface area contributed by atoms with Gasteiger partial charge in [-0.1, -0.05) is 49.2 Å². The Morgan fingerprint density at radius 1 is 0.926 bits per heavy atom. The predicted molar refractivity (Wildman–Crippen MR) is 117 cm³/mol. The number of benzene rings is 2. The van der Waals surface area contributed by atoms with Crippen molar-refractivity contribution >= 4 is 17.3 Å². The van der Waals surface area contributed by atoms with E-state index in [1.165, 1.54) is 11.3 Å². The Morgan fingerprint density at radius 3 is 2.11 bits per heavy atom. The Morgan fingerprint density at radius 2 is 1.56 bits per heavy atom. The smallest absolute Gasteiger partial charge is 0.0917 e. The largest absolute Gasteiger partial charge is 0.387 e. The fourth-order valence-electron chi connectivity index (χ4n) is 3.31. The second-order valence-corrected chi connectivity index (χ2v) is 7.43. The summed E-state index contributed by atoms with van der Waals surface area (Å²) < 4.78 is 0. The summed E-state index contributed by atoms with van der Waals surface area (Å²) in [7, 11) is 0. The van der Waals surface area contributed by atoms with Gasteiger partial charge in [0.25, 0.3) is 0 Å². The Hall–Kier alpha value is -1.55. The molecule has 0 aromatic heterocycles. The highest BCUT2D eigenvalue weighted by molar-refractivity contribution is 6.30. The Bertz CT molecular complexity index is 653. The third-order valence-corrected chi connectivity index (χ3v) is 5.24. The van der Waals surface area contributed by atoms with Gasteiger partial charge in [0.05, 0.1) is 6.10 Å². The normalized spacial score (nSPS) is 12.4. The molecule has 27 heavy (non-hydrogen) atoms. The molecule has 0 aliphatic rings. The lowest BCUT2D eigenvalue weighted by molar-refractivity contribution is 0.108. The number of halogens is 1. The van der Waals surface area contributed by atoms with E-state index in [-0.39, 0.29) is 0 Å². The van der Waals surface area contributed by atoms with Gasteiger partial charge in [-0.15, -0.1) is 0 Å². The summed E-state index contributed by atoms with van der Waals surface area (Å²) in [5.41, 5.74) is 3.47. The van der Waals surface area contributed by atoms with Crippen LogP contribution in [0.3, 0.4) is 0 Å². The molecule has 0 aliphatic carbocycles. The summed E-state index contributed by atoms with van der Waals surface area (Å²) in [6.07, 6.45) is 1.77. The van der Waals surface area contributed by atoms with Crippen molar-refractivity contribution < 1.29 is 5.11 Å². The van der Waals surface area contributed by atoms with Crippen LogP contribution < -0.4 is 4.90 Å². The maximum Gasteiger partial charge on any atom is 0.0917 e. The molecular formula is C23H33ClN2O. The van der Waals surface area contributed by atoms with E-state index in [1.807, 2.05) is 24.3 Å². The molecule has 1 N–H and O–H groups in total. The Labute approximate surface area is 169 Å². The molecule has 0 radical (unpaired) electrons. The van der Waals surface area contributed by atoms with Gasteiger partial charge in [0, 0.05) is 36.9 Å². The lowest BCUT2D eigenvalue weighted by atomic mass is 10.1. The Kier molecular flexibility index (Phi) is 9.12. The van der Waals surface area contributed by atoms with Gasteiger partial charge in [0.15, 0.2) is 0 Å². The summed E-state index contributed by atoms with van der Waals surface area (Å²) >= 11 is 5.96. The molecule has 1 atom stereocenters. The van der Waals surface area contributed by atoms with Gasteiger partial charge in [0.1, 0.15) is 0 Å². The molecular weight excluding hydrogens is 356 g/mol. The van der Waals surface area contributed by atoms with Crippen LogP contribution in [0.5, 0.6) is 0 Å². The fraction of sp³-hybridized carbons (Fsp3) is 0.478. The van der Waals surface area contributed by atoms with Gasteiger partial charge in [-0.3, -0.25) is 4.90 Å². The molecule has 0 saturated carbocycles. The van der Waals surface area contributed by atoms with Crippen LogP contribution in [0.25, 0.3) is 0 Å². The zero-order valence-corrected chi connectivity index (χ0v) is 17.6. The molecule has 2 rings (SSSR count). The van der Waals surface area contributed by atoms with E-state index in [0.29, 0.717) is 11.6 Å². The first kappa shape index (κ1) is 21.7. The van der Waals surface area contributed by atoms with E-state index in [2.05, 4.69) is 54.8 Å². The van der Waals surface area contributed by atoms with E-state index in [4.69, 9.17) is 11.6 Å². The average Bonchev–Trinajstić information content (AvgIpc) is 2.68. The lowest BCUT2D eigenvalue weighted by Crippen LogP contribution is -2.29. The van der Waals surface area contributed by atoms with Crippen molar-refractivity contribution in [3.8, 4) is 0 Å². The second kappa shape index (κ2) is 11.3. The summed E-state index contributed by atoms with van der Waals surface area (Å²) in [6, 6.07) is 16.3. The van der Waals surface area contributed by atoms with Crippen molar-refractivity contribution in [2.45, 2.75) is 46.3 Å². The molecule has 2 aromatic carbocycles. The van der Waals surface area contributed by atoms with Crippen LogP contribution in [0, 0.1) is 0 Å². The minimum Gasteiger partial charge on any atom is -0.387 e. The van der Waals surface area contributed by atoms with Gasteiger partial charge in [-0.25, -0.2) is 0 Å². The highest BCUT2D eigenvalue weighted by Gasteiger charge is 2.14. The first-order valence-electron chi connectivity index (χ1n) is 10.1. The molecule has 0 saturated heterocycles. The van der Waals surface area contributed by atoms with E-state index in [1.54, 1.807) is 0 Å². The number of aliphatic hydroxyl groups is 1. The monoisotopic (exact) mass is 388 g/mol. The van der Waals surface area contributed by atoms with E-state index >= 15 is 0 Å². The third kappa shape index (κ3) is 6.84. The number of aliphatic hydroxyl groups excluding tert-OH is 1. The standard InChI is InChI=1S/C23H33ClN2O/c1-4-7-16-25(18-23(27)20-10-12-21(24)13-11-20)17-19-8-14-22(15-9-19)26(5-2)6-3/h8-15,23,27H,4-7,16-18H2,1-3H3/t23-/m1/s1. The molecule has 2 aromatic rings. The maximum absolute atomic E-state index is 10.6. The van der Waals surface area contributed by atoms with Crippen molar-refractivity contribution in [1.29, 1.82) is 0 Å². The van der Waals surface area contributed by atoms with Crippen molar-refractivity contribution in [3.05, 3.63) is 64.7 Å². The van der Waals surface area contributed by atoms with Gasteiger partial charge in [-0.05, 0) is 62.2 Å². The van der Waals surface area contributed by atoms with E-state index < -0.39 is 6.10 Å². The van der Waals surface area contributed by atoms with Crippen molar-refractivity contribution in [2.24, 2.45) is 0 Å². The highest BCUT2D eigenvalue weighted by atomic mass is 35.5. The summed E-state index contributed by atoms with van der Waals surface area (Å²) in [4.78, 5) is 4.69. The topological polar surface area (TPSA) is 26.7 Å². The molecule has 0 unspecified atom stereocenters. The first-order valence-corrected chi connectivity index (χ1v) is 10.4. The predicted octanol–water partition coefficient (Wildman–Crippen LogP) is 5.52. The number of hydrogen-bond donors (Lipinski definition) is 1. The zero-order chi connectivity index (χ0) is 19.6. The number of nitrogens with zero attached hydrogens (tertiary/aromatic N) is 2. The number of rotatable bonds is 11. The van der Waals surface area contributed by atoms with Crippen LogP contribution in [0.1, 0.15) is 50.8 Å². The van der Waals surface area contributed by atoms with Crippen LogP contribution in [0.15, 0.2) is 48.5 Å². The maximum atomic E-state index is 10.6. The molecule has 3 nitrogen and oxygen atoms in total. The Balaban J connectivity index is 2.03. The SMILES string of the molecule is CCCCN(Cc1ccc(N(CC)CC)cc1)C[C@@H](O)c1ccc(Cl)cc1. The number of hydrogen-bond acceptors (Lipinski definition) is 3. The molecule has 0 fully saturated rings. The summed E-state index contributed by atoms with van der Waals surface area (Å²) in [5.74, 6) is 0. The van der Waals surface area contributed by atoms with Gasteiger partial charge >= 0.3 is 0 Å². The van der Waals surface area contributed by atoms with Gasteiger partial charge in [-0.2, -0.15) is 0 Å². The molecule has 0 bridgehead atoms. The lowest BCUT2D eigenvalue weighted by Gasteiger charge is -2.26. The van der Waals surface area contributed by atoms with Gasteiger partial charge < -0.3 is 10.0 Å². The minimum atomic E-state index is -0.505. The fourth-order valence-corrected chi connectivity index (χ4v) is 3.44. The third-order valence-electron chi connectivity index (χ3n) is 4.98. The van der Waals surface area contributed by atoms with E-state index in [0.717, 1.165) is 44.6 Å². The van der Waals surface area contributed by atoms with Crippen LogP contribution in [-0.4, -0.2) is 36.2 Å². The van der Waals surface area contributed by atoms with Crippen molar-refractivity contribution in [3.63, 3.8) is 0 Å². The van der Waals surface area contributed by atoms with Crippen LogP contribution in [-0.2, 0) is 6.54 Å². The molecule has 0 aliphatic heterocycles. The van der Waals surface area contributed by atoms with Crippen LogP contribution >= 0.6 is 11.6 Å². The average molecular weight is 389 g/mol. The molecule has 0 spiro atoms. The van der Waals surface area contributed by atoms with Crippen molar-refractivity contribution in [1.82, 2.24) is 4.90 Å². The quantitative estimate of drug-likeness (QED) is 0.548. The summed E-state index contributed by atoms with van der Waals surface area (Å²) in [6.45, 7) is 11.1. The zero-order valence-electron chi connectivity index (χ0n) is 16.9. The van der Waals surface area contributed by atoms with Gasteiger partial charge in [0.2, 0.25) is 0 Å². The van der Waals surface area contributed by atoms with Crippen LogP contribution in [0.2, 0.25) is 5.02 Å². The number of unbranched alkanes of at least 4 members (excludes halogenated alkanes) is 1. The first-order chi connectivity index (χ1) is 13.1. The molecule has 0 amide bonds. The summed E-state index contributed by atoms with van der Waals surface area (Å²) in [5, 5.41) is 11.3. The molecule has 0 heterocycles. The highest BCUT2D eigenvalue weighted by Crippen LogP contribution is 2.20. The molecule has 4 heteroatoms. The molecule has 148 valence electrons. The van der Waals surface area contributed by atoms with E-state index in [9.17, 15) is 5.11 Å². The second-order valence-electron chi connectivity index (χ2n) is 6.99. The van der Waals surface area contributed by atoms with Crippen molar-refractivity contribution in [2.75, 3.05) is 31.1 Å². The van der Waals surface area contributed by atoms with Crippen LogP contribution in [0.4, 0.5) is 5.69 Å².